The number of nitriles is 1. The summed E-state index contributed by atoms with van der Waals surface area (Å²) in [6.07, 6.45) is 0. The molecule has 1 heterocycles. The minimum absolute atomic E-state index is 0.0463. The van der Waals surface area contributed by atoms with E-state index in [2.05, 4.69) is 4.99 Å². The van der Waals surface area contributed by atoms with Crippen molar-refractivity contribution in [2.45, 2.75) is 0 Å². The fourth-order valence-electron chi connectivity index (χ4n) is 1.03. The molecular weight excluding hydrogens is 170 g/mol. The number of hydrogen-bond donors (Lipinski definition) is 2. The lowest BCUT2D eigenvalue weighted by molar-refractivity contribution is -0.124. The smallest absolute Gasteiger partial charge is 0.273 e. The lowest BCUT2D eigenvalue weighted by Gasteiger charge is -2.05. The van der Waals surface area contributed by atoms with E-state index in [4.69, 9.17) is 16.7 Å². The third-order valence-electron chi connectivity index (χ3n) is 1.61. The summed E-state index contributed by atoms with van der Waals surface area (Å²) in [6.45, 7) is 0.265. The van der Waals surface area contributed by atoms with Crippen LogP contribution in [0.15, 0.2) is 16.3 Å². The molecule has 0 atom stereocenters. The fourth-order valence-corrected chi connectivity index (χ4v) is 1.03. The highest BCUT2D eigenvalue weighted by Crippen LogP contribution is 2.17. The zero-order chi connectivity index (χ0) is 10.0. The normalized spacial score (nSPS) is 16.0. The van der Waals surface area contributed by atoms with Gasteiger partial charge in [0.2, 0.25) is 0 Å². The van der Waals surface area contributed by atoms with Crippen molar-refractivity contribution >= 4 is 11.9 Å². The van der Waals surface area contributed by atoms with E-state index < -0.39 is 0 Å². The van der Waals surface area contributed by atoms with Gasteiger partial charge in [-0.05, 0) is 0 Å². The first-order valence-electron chi connectivity index (χ1n) is 3.54. The Balaban J connectivity index is 3.10. The topological polar surface area (TPSA) is 108 Å². The molecule has 0 fully saturated rings. The van der Waals surface area contributed by atoms with Gasteiger partial charge in [0.05, 0.1) is 18.2 Å². The van der Waals surface area contributed by atoms with Crippen molar-refractivity contribution in [3.05, 3.63) is 11.3 Å². The van der Waals surface area contributed by atoms with Crippen LogP contribution in [0.3, 0.4) is 0 Å². The van der Waals surface area contributed by atoms with Crippen LogP contribution >= 0.6 is 0 Å². The second-order valence-corrected chi connectivity index (χ2v) is 2.64. The molecule has 68 valence electrons. The van der Waals surface area contributed by atoms with Crippen LogP contribution in [0, 0.1) is 11.3 Å². The Morgan fingerprint density at radius 1 is 1.69 bits per heavy atom. The molecule has 0 aromatic heterocycles. The lowest BCUT2D eigenvalue weighted by Crippen LogP contribution is -2.25. The molecule has 0 spiro atoms. The first kappa shape index (κ1) is 9.06. The van der Waals surface area contributed by atoms with Gasteiger partial charge in [-0.15, -0.1) is 0 Å². The first-order valence-corrected chi connectivity index (χ1v) is 3.54. The zero-order valence-electron chi connectivity index (χ0n) is 7.11. The molecule has 1 aliphatic heterocycles. The largest absolute Gasteiger partial charge is 0.370 e. The molecule has 0 aromatic rings. The molecule has 13 heavy (non-hydrogen) atoms. The minimum atomic E-state index is -0.329. The van der Waals surface area contributed by atoms with Crippen molar-refractivity contribution in [2.75, 3.05) is 13.6 Å². The van der Waals surface area contributed by atoms with E-state index in [1.165, 1.54) is 4.90 Å². The quantitative estimate of drug-likeness (QED) is 0.377. The molecule has 0 aromatic carbocycles. The van der Waals surface area contributed by atoms with Gasteiger partial charge in [0.25, 0.3) is 5.91 Å². The standard InChI is InChI=1S/C7H9N5O/c1-12-3-4(2-8)5(6(12)13)11-7(9)10/h3H2,1H3,(H4,9,10,11). The SMILES string of the molecule is CN1CC(C#N)=C(N=C(N)N)C1=O. The Morgan fingerprint density at radius 3 is 2.77 bits per heavy atom. The molecular formula is C7H9N5O. The second-order valence-electron chi connectivity index (χ2n) is 2.64. The van der Waals surface area contributed by atoms with Gasteiger partial charge in [-0.1, -0.05) is 0 Å². The Labute approximate surface area is 75.1 Å². The summed E-state index contributed by atoms with van der Waals surface area (Å²) >= 11 is 0. The number of carbonyl (C=O) groups excluding carboxylic acids is 1. The fraction of sp³-hybridized carbons (Fsp3) is 0.286. The first-order chi connectivity index (χ1) is 6.06. The van der Waals surface area contributed by atoms with Gasteiger partial charge in [-0.25, -0.2) is 4.99 Å². The van der Waals surface area contributed by atoms with E-state index in [1.54, 1.807) is 7.05 Å². The average molecular weight is 179 g/mol. The van der Waals surface area contributed by atoms with Crippen LogP contribution in [0.25, 0.3) is 0 Å². The number of guanidine groups is 1. The Bertz CT molecular complexity index is 344. The Hall–Kier alpha value is -2.03. The van der Waals surface area contributed by atoms with E-state index >= 15 is 0 Å². The summed E-state index contributed by atoms with van der Waals surface area (Å²) in [6, 6.07) is 1.88. The van der Waals surface area contributed by atoms with E-state index in [-0.39, 0.29) is 24.1 Å². The van der Waals surface area contributed by atoms with Crippen molar-refractivity contribution in [1.29, 1.82) is 5.26 Å². The highest BCUT2D eigenvalue weighted by Gasteiger charge is 2.27. The van der Waals surface area contributed by atoms with Gasteiger partial charge in [0.1, 0.15) is 5.70 Å². The monoisotopic (exact) mass is 179 g/mol. The molecule has 1 aliphatic rings. The highest BCUT2D eigenvalue weighted by atomic mass is 16.2. The third kappa shape index (κ3) is 1.59. The van der Waals surface area contributed by atoms with Crippen molar-refractivity contribution in [2.24, 2.45) is 16.5 Å². The third-order valence-corrected chi connectivity index (χ3v) is 1.61. The molecule has 0 unspecified atom stereocenters. The average Bonchev–Trinajstić information content (AvgIpc) is 2.31. The second kappa shape index (κ2) is 3.15. The predicted octanol–water partition coefficient (Wildman–Crippen LogP) is -1.49. The van der Waals surface area contributed by atoms with Crippen LogP contribution in [0.4, 0.5) is 0 Å². The van der Waals surface area contributed by atoms with Crippen LogP contribution in [-0.2, 0) is 4.79 Å². The van der Waals surface area contributed by atoms with Crippen LogP contribution in [-0.4, -0.2) is 30.4 Å². The maximum Gasteiger partial charge on any atom is 0.273 e. The lowest BCUT2D eigenvalue weighted by atomic mass is 10.3. The number of carbonyl (C=O) groups is 1. The zero-order valence-corrected chi connectivity index (χ0v) is 7.11. The van der Waals surface area contributed by atoms with Gasteiger partial charge in [-0.3, -0.25) is 4.79 Å². The van der Waals surface area contributed by atoms with Crippen LogP contribution < -0.4 is 11.5 Å². The predicted molar refractivity (Wildman–Crippen MR) is 46.1 cm³/mol. The number of hydrogen-bond acceptors (Lipinski definition) is 3. The van der Waals surface area contributed by atoms with Crippen molar-refractivity contribution < 1.29 is 4.79 Å². The summed E-state index contributed by atoms with van der Waals surface area (Å²) in [7, 11) is 1.58. The number of amides is 1. The Kier molecular flexibility index (Phi) is 2.19. The Morgan fingerprint density at radius 2 is 2.31 bits per heavy atom. The maximum atomic E-state index is 11.3. The number of likely N-dealkylation sites (N-methyl/N-ethyl adjacent to an activating group) is 1. The van der Waals surface area contributed by atoms with Crippen LogP contribution in [0.1, 0.15) is 0 Å². The van der Waals surface area contributed by atoms with Gasteiger partial charge < -0.3 is 16.4 Å². The van der Waals surface area contributed by atoms with E-state index in [1.807, 2.05) is 6.07 Å². The molecule has 0 bridgehead atoms. The molecule has 6 heteroatoms. The number of nitrogens with zero attached hydrogens (tertiary/aromatic N) is 3. The summed E-state index contributed by atoms with van der Waals surface area (Å²) in [5.74, 6) is -0.545. The van der Waals surface area contributed by atoms with Crippen LogP contribution in [0.2, 0.25) is 0 Å². The van der Waals surface area contributed by atoms with E-state index in [0.29, 0.717) is 5.57 Å². The molecule has 6 nitrogen and oxygen atoms in total. The number of nitrogens with two attached hydrogens (primary N) is 2. The summed E-state index contributed by atoms with van der Waals surface area (Å²) in [5, 5.41) is 8.65. The molecule has 4 N–H and O–H groups in total. The van der Waals surface area contributed by atoms with Gasteiger partial charge in [0, 0.05) is 7.05 Å². The van der Waals surface area contributed by atoms with Gasteiger partial charge in [0.15, 0.2) is 5.96 Å². The molecule has 0 radical (unpaired) electrons. The van der Waals surface area contributed by atoms with Crippen molar-refractivity contribution in [1.82, 2.24) is 4.90 Å². The summed E-state index contributed by atoms with van der Waals surface area (Å²) < 4.78 is 0. The van der Waals surface area contributed by atoms with Crippen LogP contribution in [0.5, 0.6) is 0 Å². The van der Waals surface area contributed by atoms with E-state index in [0.717, 1.165) is 0 Å². The van der Waals surface area contributed by atoms with E-state index in [9.17, 15) is 4.79 Å². The van der Waals surface area contributed by atoms with Crippen molar-refractivity contribution in [3.63, 3.8) is 0 Å². The van der Waals surface area contributed by atoms with Crippen molar-refractivity contribution in [3.8, 4) is 6.07 Å². The maximum absolute atomic E-state index is 11.3. The number of aliphatic imine (C=N–C) groups is 1. The summed E-state index contributed by atoms with van der Waals surface area (Å²) in [4.78, 5) is 16.3. The molecule has 0 saturated carbocycles. The molecule has 0 aliphatic carbocycles. The minimum Gasteiger partial charge on any atom is -0.370 e. The molecule has 1 amide bonds. The van der Waals surface area contributed by atoms with Gasteiger partial charge in [-0.2, -0.15) is 5.26 Å². The summed E-state index contributed by atoms with van der Waals surface area (Å²) in [5.41, 5.74) is 10.6. The molecule has 0 saturated heterocycles. The molecule has 1 rings (SSSR count). The van der Waals surface area contributed by atoms with Gasteiger partial charge >= 0.3 is 0 Å². The number of rotatable bonds is 1. The highest BCUT2D eigenvalue weighted by molar-refractivity contribution is 5.99.